The summed E-state index contributed by atoms with van der Waals surface area (Å²) >= 11 is 3.19. The van der Waals surface area contributed by atoms with Crippen molar-refractivity contribution in [1.29, 1.82) is 0 Å². The van der Waals surface area contributed by atoms with Crippen LogP contribution < -0.4 is 4.90 Å². The molecule has 1 amide bonds. The molecule has 0 fully saturated rings. The zero-order chi connectivity index (χ0) is 17.6. The van der Waals surface area contributed by atoms with Crippen molar-refractivity contribution in [3.8, 4) is 0 Å². The van der Waals surface area contributed by atoms with Gasteiger partial charge in [0.05, 0.1) is 10.2 Å². The Labute approximate surface area is 168 Å². The van der Waals surface area contributed by atoms with E-state index in [2.05, 4.69) is 9.88 Å². The first-order chi connectivity index (χ1) is 12.1. The molecular formula is C19H22ClN3OS2. The molecule has 0 aliphatic rings. The fourth-order valence-electron chi connectivity index (χ4n) is 2.45. The molecule has 2 heterocycles. The first kappa shape index (κ1) is 20.6. The van der Waals surface area contributed by atoms with Gasteiger partial charge < -0.3 is 4.90 Å². The topological polar surface area (TPSA) is 36.4 Å². The van der Waals surface area contributed by atoms with Crippen molar-refractivity contribution in [3.05, 3.63) is 52.7 Å². The lowest BCUT2D eigenvalue weighted by Crippen LogP contribution is -2.32. The van der Waals surface area contributed by atoms with Crippen LogP contribution in [0.2, 0.25) is 0 Å². The molecule has 0 aliphatic carbocycles. The highest BCUT2D eigenvalue weighted by Gasteiger charge is 2.17. The lowest BCUT2D eigenvalue weighted by molar-refractivity contribution is -0.114. The van der Waals surface area contributed by atoms with Crippen molar-refractivity contribution in [2.24, 2.45) is 0 Å². The quantitative estimate of drug-likeness (QED) is 0.529. The van der Waals surface area contributed by atoms with Gasteiger partial charge in [0.15, 0.2) is 5.13 Å². The standard InChI is InChI=1S/C19H21N3OS2.ClH/c1-21(2)12-6-13-22(18(23)11-10-15-7-5-14-24-15)19-20-16-8-3-4-9-17(16)25-19;/h3-5,7-11,14H,6,12-13H2,1-2H3;1H. The molecule has 4 nitrogen and oxygen atoms in total. The number of nitrogens with zero attached hydrogens (tertiary/aromatic N) is 3. The maximum atomic E-state index is 12.8. The Kier molecular flexibility index (Phi) is 7.78. The molecule has 138 valence electrons. The Balaban J connectivity index is 0.00000243. The number of hydrogen-bond acceptors (Lipinski definition) is 5. The van der Waals surface area contributed by atoms with E-state index in [1.54, 1.807) is 33.6 Å². The maximum absolute atomic E-state index is 12.8. The van der Waals surface area contributed by atoms with E-state index in [1.165, 1.54) is 0 Å². The molecule has 3 aromatic rings. The van der Waals surface area contributed by atoms with Gasteiger partial charge >= 0.3 is 0 Å². The molecule has 0 atom stereocenters. The van der Waals surface area contributed by atoms with E-state index in [4.69, 9.17) is 0 Å². The van der Waals surface area contributed by atoms with E-state index < -0.39 is 0 Å². The second-order valence-electron chi connectivity index (χ2n) is 5.96. The van der Waals surface area contributed by atoms with Gasteiger partial charge in [0.1, 0.15) is 0 Å². The maximum Gasteiger partial charge on any atom is 0.252 e. The second-order valence-corrected chi connectivity index (χ2v) is 7.95. The largest absolute Gasteiger partial charge is 0.309 e. The lowest BCUT2D eigenvalue weighted by Gasteiger charge is -2.19. The van der Waals surface area contributed by atoms with Crippen LogP contribution in [0.5, 0.6) is 0 Å². The summed E-state index contributed by atoms with van der Waals surface area (Å²) < 4.78 is 1.10. The van der Waals surface area contributed by atoms with Gasteiger partial charge in [-0.3, -0.25) is 9.69 Å². The van der Waals surface area contributed by atoms with Crippen LogP contribution in [0.15, 0.2) is 47.9 Å². The lowest BCUT2D eigenvalue weighted by atomic mass is 10.3. The van der Waals surface area contributed by atoms with E-state index in [9.17, 15) is 4.79 Å². The number of carbonyl (C=O) groups is 1. The predicted octanol–water partition coefficient (Wildman–Crippen LogP) is 4.78. The van der Waals surface area contributed by atoms with Crippen molar-refractivity contribution in [3.63, 3.8) is 0 Å². The van der Waals surface area contributed by atoms with Crippen molar-refractivity contribution >= 4 is 62.4 Å². The van der Waals surface area contributed by atoms with Crippen LogP contribution in [0.1, 0.15) is 11.3 Å². The molecule has 7 heteroatoms. The minimum absolute atomic E-state index is 0. The predicted molar refractivity (Wildman–Crippen MR) is 116 cm³/mol. The zero-order valence-corrected chi connectivity index (χ0v) is 17.2. The molecule has 1 aromatic carbocycles. The number of aromatic nitrogens is 1. The summed E-state index contributed by atoms with van der Waals surface area (Å²) in [5, 5.41) is 2.77. The number of thiophene rings is 1. The fourth-order valence-corrected chi connectivity index (χ4v) is 4.07. The van der Waals surface area contributed by atoms with Gasteiger partial charge in [-0.15, -0.1) is 23.7 Å². The van der Waals surface area contributed by atoms with Crippen LogP contribution in [0.3, 0.4) is 0 Å². The molecule has 0 saturated heterocycles. The smallest absolute Gasteiger partial charge is 0.252 e. The first-order valence-corrected chi connectivity index (χ1v) is 9.86. The molecule has 0 bridgehead atoms. The molecule has 0 radical (unpaired) electrons. The average molecular weight is 408 g/mol. The highest BCUT2D eigenvalue weighted by Crippen LogP contribution is 2.29. The highest BCUT2D eigenvalue weighted by molar-refractivity contribution is 7.22. The first-order valence-electron chi connectivity index (χ1n) is 8.17. The monoisotopic (exact) mass is 407 g/mol. The van der Waals surface area contributed by atoms with E-state index in [0.717, 1.165) is 33.2 Å². The van der Waals surface area contributed by atoms with Gasteiger partial charge in [0, 0.05) is 17.5 Å². The number of carbonyl (C=O) groups excluding carboxylic acids is 1. The van der Waals surface area contributed by atoms with Crippen LogP contribution in [0, 0.1) is 0 Å². The van der Waals surface area contributed by atoms with E-state index in [0.29, 0.717) is 6.54 Å². The number of fused-ring (bicyclic) bond motifs is 1. The van der Waals surface area contributed by atoms with Crippen molar-refractivity contribution in [2.45, 2.75) is 6.42 Å². The summed E-state index contributed by atoms with van der Waals surface area (Å²) in [6.45, 7) is 1.59. The number of halogens is 1. The van der Waals surface area contributed by atoms with Crippen molar-refractivity contribution in [2.75, 3.05) is 32.1 Å². The SMILES string of the molecule is CN(C)CCCN(C(=O)C=Cc1cccs1)c1nc2ccccc2s1.Cl. The van der Waals surface area contributed by atoms with Crippen molar-refractivity contribution < 1.29 is 4.79 Å². The Bertz CT molecular complexity index is 826. The molecule has 3 rings (SSSR count). The van der Waals surface area contributed by atoms with Crippen LogP contribution in [-0.2, 0) is 4.79 Å². The summed E-state index contributed by atoms with van der Waals surface area (Å²) in [7, 11) is 4.08. The molecule has 0 unspecified atom stereocenters. The second kappa shape index (κ2) is 9.83. The number of anilines is 1. The third kappa shape index (κ3) is 5.38. The number of para-hydroxylation sites is 1. The fraction of sp³-hybridized carbons (Fsp3) is 0.263. The molecular weight excluding hydrogens is 386 g/mol. The van der Waals surface area contributed by atoms with E-state index >= 15 is 0 Å². The Morgan fingerprint density at radius 2 is 1.96 bits per heavy atom. The number of amides is 1. The minimum Gasteiger partial charge on any atom is -0.309 e. The van der Waals surface area contributed by atoms with E-state index in [1.807, 2.05) is 61.9 Å². The Morgan fingerprint density at radius 3 is 2.65 bits per heavy atom. The third-order valence-electron chi connectivity index (χ3n) is 3.70. The summed E-state index contributed by atoms with van der Waals surface area (Å²) in [6.07, 6.45) is 4.42. The van der Waals surface area contributed by atoms with Crippen LogP contribution in [-0.4, -0.2) is 43.0 Å². The van der Waals surface area contributed by atoms with Gasteiger partial charge in [0.2, 0.25) is 0 Å². The number of benzene rings is 1. The summed E-state index contributed by atoms with van der Waals surface area (Å²) in [4.78, 5) is 22.4. The molecule has 0 spiro atoms. The molecule has 26 heavy (non-hydrogen) atoms. The number of thiazole rings is 1. The summed E-state index contributed by atoms with van der Waals surface area (Å²) in [6, 6.07) is 12.0. The molecule has 0 N–H and O–H groups in total. The Morgan fingerprint density at radius 1 is 1.15 bits per heavy atom. The van der Waals surface area contributed by atoms with Crippen molar-refractivity contribution in [1.82, 2.24) is 9.88 Å². The summed E-state index contributed by atoms with van der Waals surface area (Å²) in [5.74, 6) is -0.0220. The Hall–Kier alpha value is -1.73. The van der Waals surface area contributed by atoms with Gasteiger partial charge in [0.25, 0.3) is 5.91 Å². The number of hydrogen-bond donors (Lipinski definition) is 0. The van der Waals surface area contributed by atoms with Crippen LogP contribution in [0.4, 0.5) is 5.13 Å². The molecule has 0 aliphatic heterocycles. The van der Waals surface area contributed by atoms with Gasteiger partial charge in [-0.25, -0.2) is 4.98 Å². The molecule has 0 saturated carbocycles. The normalized spacial score (nSPS) is 11.2. The number of rotatable bonds is 7. The van der Waals surface area contributed by atoms with Gasteiger partial charge in [-0.05, 0) is 56.7 Å². The molecule has 2 aromatic heterocycles. The summed E-state index contributed by atoms with van der Waals surface area (Å²) in [5.41, 5.74) is 0.940. The third-order valence-corrected chi connectivity index (χ3v) is 5.60. The highest BCUT2D eigenvalue weighted by atomic mass is 35.5. The minimum atomic E-state index is -0.0220. The van der Waals surface area contributed by atoms with E-state index in [-0.39, 0.29) is 18.3 Å². The van der Waals surface area contributed by atoms with Gasteiger partial charge in [-0.1, -0.05) is 29.5 Å². The van der Waals surface area contributed by atoms with Crippen LogP contribution in [0.25, 0.3) is 16.3 Å². The average Bonchev–Trinajstić information content (AvgIpc) is 3.25. The van der Waals surface area contributed by atoms with Crippen LogP contribution >= 0.6 is 35.1 Å². The zero-order valence-electron chi connectivity index (χ0n) is 14.8. The van der Waals surface area contributed by atoms with Gasteiger partial charge in [-0.2, -0.15) is 0 Å².